The SMILES string of the molecule is CCc1cc(CC(N)C2CCC(C(C)C)CC2)n(CC)n1. The molecule has 0 bridgehead atoms. The molecule has 1 aromatic heterocycles. The Labute approximate surface area is 130 Å². The summed E-state index contributed by atoms with van der Waals surface area (Å²) in [5.41, 5.74) is 9.06. The van der Waals surface area contributed by atoms with Gasteiger partial charge < -0.3 is 5.73 Å². The summed E-state index contributed by atoms with van der Waals surface area (Å²) in [7, 11) is 0. The van der Waals surface area contributed by atoms with Gasteiger partial charge in [-0.1, -0.05) is 20.8 Å². The Kier molecular flexibility index (Phi) is 5.86. The maximum absolute atomic E-state index is 6.54. The van der Waals surface area contributed by atoms with Crippen molar-refractivity contribution < 1.29 is 0 Å². The Morgan fingerprint density at radius 3 is 2.33 bits per heavy atom. The van der Waals surface area contributed by atoms with E-state index < -0.39 is 0 Å². The molecule has 120 valence electrons. The first-order valence-electron chi connectivity index (χ1n) is 8.86. The van der Waals surface area contributed by atoms with Crippen LogP contribution in [0.1, 0.15) is 64.8 Å². The summed E-state index contributed by atoms with van der Waals surface area (Å²) in [5, 5.41) is 4.64. The van der Waals surface area contributed by atoms with Crippen LogP contribution in [0.15, 0.2) is 6.07 Å². The van der Waals surface area contributed by atoms with Crippen LogP contribution in [0.5, 0.6) is 0 Å². The van der Waals surface area contributed by atoms with Gasteiger partial charge in [-0.3, -0.25) is 4.68 Å². The molecule has 1 unspecified atom stereocenters. The summed E-state index contributed by atoms with van der Waals surface area (Å²) in [6.07, 6.45) is 7.34. The maximum Gasteiger partial charge on any atom is 0.0624 e. The van der Waals surface area contributed by atoms with Crippen molar-refractivity contribution >= 4 is 0 Å². The molecule has 0 radical (unpaired) electrons. The smallest absolute Gasteiger partial charge is 0.0624 e. The highest BCUT2D eigenvalue weighted by Crippen LogP contribution is 2.35. The lowest BCUT2D eigenvalue weighted by Gasteiger charge is -2.34. The van der Waals surface area contributed by atoms with Crippen molar-refractivity contribution in [3.63, 3.8) is 0 Å². The van der Waals surface area contributed by atoms with Crippen molar-refractivity contribution in [2.75, 3.05) is 0 Å². The molecule has 1 saturated carbocycles. The molecule has 3 heteroatoms. The minimum atomic E-state index is 0.296. The number of nitrogens with two attached hydrogens (primary N) is 1. The van der Waals surface area contributed by atoms with Gasteiger partial charge >= 0.3 is 0 Å². The Balaban J connectivity index is 1.93. The number of hydrogen-bond acceptors (Lipinski definition) is 2. The average molecular weight is 291 g/mol. The average Bonchev–Trinajstić information content (AvgIpc) is 2.89. The summed E-state index contributed by atoms with van der Waals surface area (Å²) >= 11 is 0. The summed E-state index contributed by atoms with van der Waals surface area (Å²) in [5.74, 6) is 2.45. The van der Waals surface area contributed by atoms with Gasteiger partial charge in [-0.2, -0.15) is 5.10 Å². The molecule has 2 N–H and O–H groups in total. The second-order valence-corrected chi connectivity index (χ2v) is 7.08. The molecule has 0 amide bonds. The summed E-state index contributed by atoms with van der Waals surface area (Å²) in [6, 6.07) is 2.55. The Bertz CT molecular complexity index is 428. The van der Waals surface area contributed by atoms with Crippen LogP contribution < -0.4 is 5.73 Å². The van der Waals surface area contributed by atoms with E-state index in [1.54, 1.807) is 0 Å². The largest absolute Gasteiger partial charge is 0.327 e. The number of hydrogen-bond donors (Lipinski definition) is 1. The van der Waals surface area contributed by atoms with E-state index in [0.29, 0.717) is 12.0 Å². The molecular formula is C18H33N3. The third-order valence-corrected chi connectivity index (χ3v) is 5.39. The monoisotopic (exact) mass is 291 g/mol. The zero-order valence-electron chi connectivity index (χ0n) is 14.3. The number of aryl methyl sites for hydroxylation is 2. The van der Waals surface area contributed by atoms with Crippen LogP contribution in [0.2, 0.25) is 0 Å². The van der Waals surface area contributed by atoms with E-state index in [1.165, 1.54) is 37.1 Å². The highest BCUT2D eigenvalue weighted by atomic mass is 15.3. The molecule has 0 aromatic carbocycles. The normalized spacial score (nSPS) is 24.5. The number of rotatable bonds is 6. The minimum absolute atomic E-state index is 0.296. The standard InChI is InChI=1S/C18H33N3/c1-5-16-11-17(21(6-2)20-16)12-18(19)15-9-7-14(8-10-15)13(3)4/h11,13-15,18H,5-10,12,19H2,1-4H3. The lowest BCUT2D eigenvalue weighted by atomic mass is 9.74. The first-order chi connectivity index (χ1) is 10.0. The summed E-state index contributed by atoms with van der Waals surface area (Å²) in [6.45, 7) is 9.99. The van der Waals surface area contributed by atoms with Gasteiger partial charge in [-0.05, 0) is 62.8 Å². The number of aromatic nitrogens is 2. The van der Waals surface area contributed by atoms with Crippen molar-refractivity contribution in [1.82, 2.24) is 9.78 Å². The molecule has 21 heavy (non-hydrogen) atoms. The molecule has 1 aliphatic rings. The zero-order chi connectivity index (χ0) is 15.4. The van der Waals surface area contributed by atoms with Crippen molar-refractivity contribution in [2.24, 2.45) is 23.5 Å². The molecule has 3 nitrogen and oxygen atoms in total. The first-order valence-corrected chi connectivity index (χ1v) is 8.86. The van der Waals surface area contributed by atoms with Gasteiger partial charge in [-0.25, -0.2) is 0 Å². The highest BCUT2D eigenvalue weighted by molar-refractivity contribution is 5.12. The van der Waals surface area contributed by atoms with Gasteiger partial charge in [0.2, 0.25) is 0 Å². The van der Waals surface area contributed by atoms with Crippen LogP contribution in [-0.2, 0) is 19.4 Å². The fraction of sp³-hybridized carbons (Fsp3) is 0.833. The summed E-state index contributed by atoms with van der Waals surface area (Å²) in [4.78, 5) is 0. The fourth-order valence-corrected chi connectivity index (χ4v) is 3.77. The second kappa shape index (κ2) is 7.44. The molecule has 2 rings (SSSR count). The van der Waals surface area contributed by atoms with Crippen LogP contribution in [0.25, 0.3) is 0 Å². The van der Waals surface area contributed by atoms with Crippen LogP contribution in [-0.4, -0.2) is 15.8 Å². The lowest BCUT2D eigenvalue weighted by molar-refractivity contribution is 0.201. The lowest BCUT2D eigenvalue weighted by Crippen LogP contribution is -2.36. The molecule has 0 aliphatic heterocycles. The quantitative estimate of drug-likeness (QED) is 0.866. The van der Waals surface area contributed by atoms with Crippen molar-refractivity contribution in [3.8, 4) is 0 Å². The predicted octanol–water partition coefficient (Wildman–Crippen LogP) is 3.80. The van der Waals surface area contributed by atoms with E-state index in [1.807, 2.05) is 0 Å². The molecule has 0 spiro atoms. The zero-order valence-corrected chi connectivity index (χ0v) is 14.3. The van der Waals surface area contributed by atoms with E-state index in [4.69, 9.17) is 5.73 Å². The Morgan fingerprint density at radius 1 is 1.19 bits per heavy atom. The highest BCUT2D eigenvalue weighted by Gasteiger charge is 2.27. The topological polar surface area (TPSA) is 43.8 Å². The van der Waals surface area contributed by atoms with E-state index >= 15 is 0 Å². The van der Waals surface area contributed by atoms with E-state index in [2.05, 4.69) is 43.5 Å². The van der Waals surface area contributed by atoms with Gasteiger partial charge in [0.25, 0.3) is 0 Å². The molecule has 1 aromatic rings. The molecule has 0 saturated heterocycles. The third-order valence-electron chi connectivity index (χ3n) is 5.39. The van der Waals surface area contributed by atoms with Crippen molar-refractivity contribution in [3.05, 3.63) is 17.5 Å². The van der Waals surface area contributed by atoms with Crippen LogP contribution >= 0.6 is 0 Å². The van der Waals surface area contributed by atoms with Gasteiger partial charge in [0.05, 0.1) is 5.69 Å². The minimum Gasteiger partial charge on any atom is -0.327 e. The molecule has 1 aliphatic carbocycles. The van der Waals surface area contributed by atoms with E-state index in [0.717, 1.165) is 31.2 Å². The third kappa shape index (κ3) is 4.09. The predicted molar refractivity (Wildman–Crippen MR) is 89.2 cm³/mol. The van der Waals surface area contributed by atoms with Gasteiger partial charge in [0, 0.05) is 24.7 Å². The van der Waals surface area contributed by atoms with Crippen molar-refractivity contribution in [2.45, 2.75) is 78.8 Å². The van der Waals surface area contributed by atoms with Crippen LogP contribution in [0.4, 0.5) is 0 Å². The summed E-state index contributed by atoms with van der Waals surface area (Å²) < 4.78 is 2.14. The first kappa shape index (κ1) is 16.5. The van der Waals surface area contributed by atoms with Crippen molar-refractivity contribution in [1.29, 1.82) is 0 Å². The van der Waals surface area contributed by atoms with Gasteiger partial charge in [-0.15, -0.1) is 0 Å². The molecule has 1 atom stereocenters. The van der Waals surface area contributed by atoms with E-state index in [-0.39, 0.29) is 0 Å². The van der Waals surface area contributed by atoms with Gasteiger partial charge in [0.15, 0.2) is 0 Å². The maximum atomic E-state index is 6.54. The van der Waals surface area contributed by atoms with E-state index in [9.17, 15) is 0 Å². The van der Waals surface area contributed by atoms with Crippen LogP contribution in [0, 0.1) is 17.8 Å². The molecular weight excluding hydrogens is 258 g/mol. The fourth-order valence-electron chi connectivity index (χ4n) is 3.77. The molecule has 1 fully saturated rings. The Morgan fingerprint density at radius 2 is 1.81 bits per heavy atom. The van der Waals surface area contributed by atoms with Gasteiger partial charge in [0.1, 0.15) is 0 Å². The Hall–Kier alpha value is -0.830. The van der Waals surface area contributed by atoms with Crippen LogP contribution in [0.3, 0.4) is 0 Å². The number of nitrogens with zero attached hydrogens (tertiary/aromatic N) is 2. The second-order valence-electron chi connectivity index (χ2n) is 7.08. The molecule has 1 heterocycles.